The van der Waals surface area contributed by atoms with Crippen molar-refractivity contribution < 1.29 is 43.2 Å². The highest BCUT2D eigenvalue weighted by Gasteiger charge is 2.54. The molecule has 0 aromatic carbocycles. The molecule has 16 nitrogen and oxygen atoms in total. The van der Waals surface area contributed by atoms with E-state index in [2.05, 4.69) is 10.4 Å². The van der Waals surface area contributed by atoms with Crippen molar-refractivity contribution in [2.75, 3.05) is 12.4 Å². The Morgan fingerprint density at radius 2 is 2.00 bits per heavy atom. The quantitative estimate of drug-likeness (QED) is 0.100. The lowest BCUT2D eigenvalue weighted by atomic mass is 9.96. The molecule has 2 aliphatic rings. The van der Waals surface area contributed by atoms with Crippen LogP contribution in [0.4, 0.5) is 4.79 Å². The van der Waals surface area contributed by atoms with Crippen LogP contribution in [0, 0.1) is 0 Å². The summed E-state index contributed by atoms with van der Waals surface area (Å²) in [6.07, 6.45) is -3.74. The summed E-state index contributed by atoms with van der Waals surface area (Å²) >= 11 is 0.622. The predicted molar refractivity (Wildman–Crippen MR) is 132 cm³/mol. The lowest BCUT2D eigenvalue weighted by Crippen LogP contribution is -2.47. The van der Waals surface area contributed by atoms with Gasteiger partial charge in [-0.25, -0.2) is 14.7 Å². The minimum Gasteiger partial charge on any atom is -0.462 e. The number of aliphatic hydroxyl groups is 2. The molecule has 3 unspecified atom stereocenters. The molecule has 1 aromatic heterocycles. The van der Waals surface area contributed by atoms with Crippen LogP contribution in [-0.2, 0) is 28.2 Å². The first-order valence-electron chi connectivity index (χ1n) is 11.5. The maximum absolute atomic E-state index is 13.7. The molecule has 0 spiro atoms. The topological polar surface area (TPSA) is 227 Å². The van der Waals surface area contributed by atoms with Gasteiger partial charge in [-0.3, -0.25) is 33.8 Å². The van der Waals surface area contributed by atoms with E-state index >= 15 is 0 Å². The van der Waals surface area contributed by atoms with Gasteiger partial charge in [0.1, 0.15) is 29.9 Å². The molecule has 2 aliphatic heterocycles. The van der Waals surface area contributed by atoms with Gasteiger partial charge in [-0.1, -0.05) is 11.4 Å². The van der Waals surface area contributed by atoms with Gasteiger partial charge in [0.15, 0.2) is 6.23 Å². The fourth-order valence-corrected chi connectivity index (χ4v) is 7.51. The summed E-state index contributed by atoms with van der Waals surface area (Å²) in [5, 5.41) is 28.5. The van der Waals surface area contributed by atoms with E-state index in [0.717, 1.165) is 16.8 Å². The summed E-state index contributed by atoms with van der Waals surface area (Å²) in [5.74, 6) is -1.57. The first-order valence-corrected chi connectivity index (χ1v) is 14.7. The number of esters is 1. The Balaban J connectivity index is 1.76. The third kappa shape index (κ3) is 6.91. The van der Waals surface area contributed by atoms with Crippen molar-refractivity contribution in [3.63, 3.8) is 0 Å². The van der Waals surface area contributed by atoms with Gasteiger partial charge in [-0.15, -0.1) is 0 Å². The summed E-state index contributed by atoms with van der Waals surface area (Å²) in [6.45, 7) is 1.21. The average molecular weight is 580 g/mol. The second-order valence-corrected chi connectivity index (χ2v) is 13.5. The zero-order valence-corrected chi connectivity index (χ0v) is 22.6. The Hall–Kier alpha value is -2.53. The molecule has 1 aromatic rings. The van der Waals surface area contributed by atoms with E-state index in [1.165, 1.54) is 13.8 Å². The zero-order chi connectivity index (χ0) is 28.4. The summed E-state index contributed by atoms with van der Waals surface area (Å²) in [7, 11) is 0. The molecule has 38 heavy (non-hydrogen) atoms. The Morgan fingerprint density at radius 1 is 1.32 bits per heavy atom. The van der Waals surface area contributed by atoms with Crippen LogP contribution in [0.5, 0.6) is 0 Å². The number of hydrogen-bond donors (Lipinski definition) is 6. The van der Waals surface area contributed by atoms with Crippen LogP contribution in [0.3, 0.4) is 0 Å². The van der Waals surface area contributed by atoms with Crippen LogP contribution < -0.4 is 27.0 Å². The summed E-state index contributed by atoms with van der Waals surface area (Å²) in [5.41, 5.74) is -3.60. The highest BCUT2D eigenvalue weighted by atomic mass is 32.7. The normalized spacial score (nSPS) is 29.6. The van der Waals surface area contributed by atoms with E-state index in [1.54, 1.807) is 13.8 Å². The highest BCUT2D eigenvalue weighted by Crippen LogP contribution is 2.57. The van der Waals surface area contributed by atoms with Crippen molar-refractivity contribution >= 4 is 36.0 Å². The van der Waals surface area contributed by atoms with Crippen LogP contribution in [0.2, 0.25) is 0 Å². The highest BCUT2D eigenvalue weighted by molar-refractivity contribution is 8.56. The smallest absolute Gasteiger partial charge is 0.330 e. The number of nitrogens with one attached hydrogen (secondary N) is 4. The van der Waals surface area contributed by atoms with Crippen molar-refractivity contribution in [2.45, 2.75) is 69.9 Å². The number of aliphatic hydroxyl groups excluding tert-OH is 1. The molecule has 7 atom stereocenters. The van der Waals surface area contributed by atoms with Gasteiger partial charge >= 0.3 is 24.4 Å². The molecule has 0 bridgehead atoms. The lowest BCUT2D eigenvalue weighted by Gasteiger charge is -2.27. The molecule has 0 saturated carbocycles. The average Bonchev–Trinajstić information content (AvgIpc) is 3.25. The number of hydrogen-bond acceptors (Lipinski definition) is 12. The van der Waals surface area contributed by atoms with Crippen molar-refractivity contribution in [3.05, 3.63) is 33.1 Å². The molecule has 0 radical (unpaired) electrons. The van der Waals surface area contributed by atoms with E-state index in [1.807, 2.05) is 10.3 Å². The summed E-state index contributed by atoms with van der Waals surface area (Å²) in [6, 6.07) is -1.82. The van der Waals surface area contributed by atoms with E-state index in [9.17, 15) is 38.8 Å². The molecule has 3 rings (SSSR count). The molecule has 18 heteroatoms. The van der Waals surface area contributed by atoms with Crippen molar-refractivity contribution in [2.24, 2.45) is 0 Å². The first-order chi connectivity index (χ1) is 17.6. The molecule has 2 saturated heterocycles. The second kappa shape index (κ2) is 11.7. The third-order valence-electron chi connectivity index (χ3n) is 5.59. The van der Waals surface area contributed by atoms with Crippen LogP contribution in [0.25, 0.3) is 0 Å². The Bertz CT molecular complexity index is 1230. The van der Waals surface area contributed by atoms with Crippen molar-refractivity contribution in [3.8, 4) is 0 Å². The molecular weight excluding hydrogens is 549 g/mol. The minimum absolute atomic E-state index is 0.199. The maximum atomic E-state index is 13.7. The van der Waals surface area contributed by atoms with E-state index in [4.69, 9.17) is 14.0 Å². The minimum atomic E-state index is -4.05. The van der Waals surface area contributed by atoms with Gasteiger partial charge in [0.25, 0.3) is 11.5 Å². The number of carbonyl (C=O) groups excluding carboxylic acids is 3. The van der Waals surface area contributed by atoms with E-state index in [0.29, 0.717) is 11.4 Å². The Kier molecular flexibility index (Phi) is 9.24. The molecule has 212 valence electrons. The van der Waals surface area contributed by atoms with Crippen molar-refractivity contribution in [1.82, 2.24) is 25.3 Å². The fourth-order valence-electron chi connectivity index (χ4n) is 3.65. The number of ether oxygens (including phenoxy) is 2. The molecule has 3 heterocycles. The van der Waals surface area contributed by atoms with E-state index < -0.39 is 84.7 Å². The van der Waals surface area contributed by atoms with Crippen LogP contribution >= 0.6 is 18.1 Å². The Labute approximate surface area is 220 Å². The lowest BCUT2D eigenvalue weighted by molar-refractivity contribution is -0.149. The standard InChI is InChI=1S/C20H30N5O11PS/c1-9(2)35-16(29)10(3)24-37(33,38-8-11-15(28)23-18(30)21-11)34-7-12-14(27)20(4,32)17(36-12)25-6-5-13(26)22-19(25)31/h5-6,9-12,14,17,27,32H,7-8H2,1-4H3,(H,24,33)(H,22,26,31)(H2,21,23,28,30)/t10?,11?,12-,14-,17-,20-,37?/m1/s1. The van der Waals surface area contributed by atoms with Gasteiger partial charge in [0, 0.05) is 18.0 Å². The van der Waals surface area contributed by atoms with Gasteiger partial charge in [0.2, 0.25) is 0 Å². The SMILES string of the molecule is CC(C)OC(=O)C(C)NP(=O)(OC[C@H]1O[C@@H](n2ccc(=O)[nH]c2=O)[C@](C)(O)[C@@H]1O)SCC1NC(=O)NC1=O. The van der Waals surface area contributed by atoms with Crippen LogP contribution in [0.1, 0.15) is 33.9 Å². The van der Waals surface area contributed by atoms with Crippen LogP contribution in [-0.4, -0.2) is 86.0 Å². The van der Waals surface area contributed by atoms with Gasteiger partial charge in [-0.05, 0) is 27.7 Å². The number of imide groups is 1. The maximum Gasteiger partial charge on any atom is 0.330 e. The van der Waals surface area contributed by atoms with Gasteiger partial charge in [0.05, 0.1) is 12.7 Å². The molecule has 3 amide bonds. The van der Waals surface area contributed by atoms with Gasteiger partial charge < -0.3 is 29.5 Å². The Morgan fingerprint density at radius 3 is 2.58 bits per heavy atom. The number of carbonyl (C=O) groups is 3. The summed E-state index contributed by atoms with van der Waals surface area (Å²) < 4.78 is 30.9. The number of amides is 3. The zero-order valence-electron chi connectivity index (χ0n) is 20.9. The number of aromatic amines is 1. The monoisotopic (exact) mass is 579 g/mol. The fraction of sp³-hybridized carbons (Fsp3) is 0.650. The van der Waals surface area contributed by atoms with Crippen LogP contribution in [0.15, 0.2) is 21.9 Å². The molecular formula is C20H30N5O11PS. The number of aromatic nitrogens is 2. The largest absolute Gasteiger partial charge is 0.462 e. The predicted octanol–water partition coefficient (Wildman–Crippen LogP) is -1.46. The molecule has 6 N–H and O–H groups in total. The van der Waals surface area contributed by atoms with Gasteiger partial charge in [-0.2, -0.15) is 0 Å². The summed E-state index contributed by atoms with van der Waals surface area (Å²) in [4.78, 5) is 61.2. The molecule has 2 fully saturated rings. The number of H-pyrrole nitrogens is 1. The van der Waals surface area contributed by atoms with E-state index in [-0.39, 0.29) is 5.75 Å². The third-order valence-corrected chi connectivity index (χ3v) is 9.71. The number of rotatable bonds is 11. The van der Waals surface area contributed by atoms with Crippen molar-refractivity contribution in [1.29, 1.82) is 0 Å². The molecule has 0 aliphatic carbocycles. The second-order valence-electron chi connectivity index (χ2n) is 9.16. The first kappa shape index (κ1) is 30.0. The number of nitrogens with zero attached hydrogens (tertiary/aromatic N) is 1. The number of urea groups is 1.